The van der Waals surface area contributed by atoms with E-state index in [0.29, 0.717) is 0 Å². The van der Waals surface area contributed by atoms with Gasteiger partial charge < -0.3 is 9.47 Å². The van der Waals surface area contributed by atoms with E-state index in [4.69, 9.17) is 9.47 Å². The molecule has 2 saturated heterocycles. The summed E-state index contributed by atoms with van der Waals surface area (Å²) < 4.78 is 13.8. The highest BCUT2D eigenvalue weighted by molar-refractivity contribution is 5.15. The zero-order chi connectivity index (χ0) is 14.9. The third-order valence-electron chi connectivity index (χ3n) is 5.30. The number of nitrogens with zero attached hydrogens (tertiary/aromatic N) is 3. The fraction of sp³-hybridized carbons (Fsp3) is 0.812. The molecule has 3 heterocycles. The Morgan fingerprint density at radius 2 is 2.19 bits per heavy atom. The molecule has 1 aromatic heterocycles. The zero-order valence-electron chi connectivity index (χ0n) is 13.5. The van der Waals surface area contributed by atoms with Crippen LogP contribution in [0.4, 0.5) is 0 Å². The smallest absolute Gasteiger partial charge is 0.0967 e. The average Bonchev–Trinajstić information content (AvgIpc) is 2.82. The van der Waals surface area contributed by atoms with Crippen molar-refractivity contribution in [3.63, 3.8) is 0 Å². The molecule has 5 nitrogen and oxygen atoms in total. The van der Waals surface area contributed by atoms with Crippen LogP contribution < -0.4 is 0 Å². The van der Waals surface area contributed by atoms with Crippen LogP contribution in [0, 0.1) is 6.92 Å². The standard InChI is InChI=1S/C16H27N3O2/c1-13-14(11-17-18(13)2)12-19-8-6-16(7-9-19)15(20-3)5-4-10-21-16/h11,15H,4-10,12H2,1-3H3/t15-/m0/s1. The Labute approximate surface area is 127 Å². The first-order chi connectivity index (χ1) is 10.1. The number of piperidine rings is 1. The summed E-state index contributed by atoms with van der Waals surface area (Å²) in [6.07, 6.45) is 6.68. The van der Waals surface area contributed by atoms with Crippen molar-refractivity contribution in [1.29, 1.82) is 0 Å². The maximum atomic E-state index is 6.17. The summed E-state index contributed by atoms with van der Waals surface area (Å²) in [6, 6.07) is 0. The van der Waals surface area contributed by atoms with Gasteiger partial charge in [-0.3, -0.25) is 9.58 Å². The Morgan fingerprint density at radius 1 is 1.43 bits per heavy atom. The number of aryl methyl sites for hydroxylation is 1. The fourth-order valence-corrected chi connectivity index (χ4v) is 3.73. The predicted octanol–water partition coefficient (Wildman–Crippen LogP) is 1.89. The topological polar surface area (TPSA) is 39.5 Å². The van der Waals surface area contributed by atoms with Gasteiger partial charge in [0.1, 0.15) is 0 Å². The molecule has 0 radical (unpaired) electrons. The Hall–Kier alpha value is -0.910. The van der Waals surface area contributed by atoms with E-state index in [0.717, 1.165) is 51.9 Å². The number of methoxy groups -OCH3 is 1. The highest BCUT2D eigenvalue weighted by Gasteiger charge is 2.44. The number of ether oxygens (including phenoxy) is 2. The molecule has 1 atom stereocenters. The van der Waals surface area contributed by atoms with Crippen molar-refractivity contribution in [2.24, 2.45) is 7.05 Å². The highest BCUT2D eigenvalue weighted by atomic mass is 16.5. The Bertz CT molecular complexity index is 478. The van der Waals surface area contributed by atoms with Crippen LogP contribution in [0.3, 0.4) is 0 Å². The van der Waals surface area contributed by atoms with Crippen molar-refractivity contribution < 1.29 is 9.47 Å². The summed E-state index contributed by atoms with van der Waals surface area (Å²) >= 11 is 0. The third-order valence-corrected chi connectivity index (χ3v) is 5.30. The van der Waals surface area contributed by atoms with E-state index in [1.54, 1.807) is 0 Å². The predicted molar refractivity (Wildman–Crippen MR) is 81.2 cm³/mol. The van der Waals surface area contributed by atoms with Crippen molar-refractivity contribution >= 4 is 0 Å². The molecule has 0 unspecified atom stereocenters. The summed E-state index contributed by atoms with van der Waals surface area (Å²) in [7, 11) is 3.83. The van der Waals surface area contributed by atoms with E-state index in [9.17, 15) is 0 Å². The minimum Gasteiger partial charge on any atom is -0.378 e. The minimum atomic E-state index is -0.0342. The van der Waals surface area contributed by atoms with Crippen molar-refractivity contribution in [3.05, 3.63) is 17.5 Å². The molecule has 2 fully saturated rings. The SMILES string of the molecule is CO[C@H]1CCCOC12CCN(Cc1cnn(C)c1C)CC2. The summed E-state index contributed by atoms with van der Waals surface area (Å²) in [5, 5.41) is 4.34. The average molecular weight is 293 g/mol. The van der Waals surface area contributed by atoms with Gasteiger partial charge in [0.25, 0.3) is 0 Å². The van der Waals surface area contributed by atoms with Gasteiger partial charge in [0.05, 0.1) is 17.9 Å². The van der Waals surface area contributed by atoms with Crippen molar-refractivity contribution in [2.45, 2.75) is 50.9 Å². The Balaban J connectivity index is 1.61. The molecule has 2 aliphatic rings. The second-order valence-corrected chi connectivity index (χ2v) is 6.43. The lowest BCUT2D eigenvalue weighted by Gasteiger charge is -2.48. The van der Waals surface area contributed by atoms with Crippen LogP contribution in [0.2, 0.25) is 0 Å². The van der Waals surface area contributed by atoms with Gasteiger partial charge in [0.15, 0.2) is 0 Å². The van der Waals surface area contributed by atoms with Gasteiger partial charge in [0, 0.05) is 51.7 Å². The first-order valence-electron chi connectivity index (χ1n) is 8.01. The monoisotopic (exact) mass is 293 g/mol. The quantitative estimate of drug-likeness (QED) is 0.853. The maximum Gasteiger partial charge on any atom is 0.0967 e. The van der Waals surface area contributed by atoms with Crippen molar-refractivity contribution in [1.82, 2.24) is 14.7 Å². The van der Waals surface area contributed by atoms with E-state index in [1.165, 1.54) is 11.3 Å². The lowest BCUT2D eigenvalue weighted by molar-refractivity contribution is -0.186. The molecule has 1 aromatic rings. The zero-order valence-corrected chi connectivity index (χ0v) is 13.5. The molecular weight excluding hydrogens is 266 g/mol. The number of hydrogen-bond donors (Lipinski definition) is 0. The molecule has 0 N–H and O–H groups in total. The van der Waals surface area contributed by atoms with Crippen LogP contribution in [0.15, 0.2) is 6.20 Å². The van der Waals surface area contributed by atoms with Gasteiger partial charge in [-0.25, -0.2) is 0 Å². The van der Waals surface area contributed by atoms with E-state index in [2.05, 4.69) is 16.9 Å². The molecular formula is C16H27N3O2. The molecule has 0 amide bonds. The van der Waals surface area contributed by atoms with Crippen LogP contribution in [-0.2, 0) is 23.1 Å². The highest BCUT2D eigenvalue weighted by Crippen LogP contribution is 2.37. The largest absolute Gasteiger partial charge is 0.378 e. The molecule has 118 valence electrons. The summed E-state index contributed by atoms with van der Waals surface area (Å²) in [5.74, 6) is 0. The second-order valence-electron chi connectivity index (χ2n) is 6.43. The maximum absolute atomic E-state index is 6.17. The van der Waals surface area contributed by atoms with Crippen LogP contribution in [0.5, 0.6) is 0 Å². The van der Waals surface area contributed by atoms with Crippen LogP contribution in [0.25, 0.3) is 0 Å². The van der Waals surface area contributed by atoms with Gasteiger partial charge in [-0.1, -0.05) is 0 Å². The number of aromatic nitrogens is 2. The fourth-order valence-electron chi connectivity index (χ4n) is 3.73. The lowest BCUT2D eigenvalue weighted by atomic mass is 9.82. The number of likely N-dealkylation sites (tertiary alicyclic amines) is 1. The summed E-state index contributed by atoms with van der Waals surface area (Å²) in [6.45, 7) is 6.18. The van der Waals surface area contributed by atoms with Crippen LogP contribution >= 0.6 is 0 Å². The van der Waals surface area contributed by atoms with Crippen molar-refractivity contribution in [2.75, 3.05) is 26.8 Å². The van der Waals surface area contributed by atoms with Gasteiger partial charge in [0.2, 0.25) is 0 Å². The molecule has 1 spiro atoms. The molecule has 0 aliphatic carbocycles. The molecule has 21 heavy (non-hydrogen) atoms. The lowest BCUT2D eigenvalue weighted by Crippen LogP contribution is -2.55. The van der Waals surface area contributed by atoms with Crippen LogP contribution in [-0.4, -0.2) is 53.2 Å². The van der Waals surface area contributed by atoms with Gasteiger partial charge in [-0.2, -0.15) is 5.10 Å². The van der Waals surface area contributed by atoms with Gasteiger partial charge in [-0.05, 0) is 32.6 Å². The van der Waals surface area contributed by atoms with Gasteiger partial charge >= 0.3 is 0 Å². The molecule has 5 heteroatoms. The molecule has 3 rings (SSSR count). The molecule has 0 aromatic carbocycles. The Kier molecular flexibility index (Phi) is 4.33. The first kappa shape index (κ1) is 15.0. The minimum absolute atomic E-state index is 0.0342. The number of rotatable bonds is 3. The second kappa shape index (κ2) is 6.07. The van der Waals surface area contributed by atoms with Crippen LogP contribution in [0.1, 0.15) is 36.9 Å². The van der Waals surface area contributed by atoms with E-state index in [1.807, 2.05) is 25.0 Å². The van der Waals surface area contributed by atoms with E-state index >= 15 is 0 Å². The first-order valence-corrected chi connectivity index (χ1v) is 8.01. The third kappa shape index (κ3) is 2.87. The summed E-state index contributed by atoms with van der Waals surface area (Å²) in [5.41, 5.74) is 2.56. The Morgan fingerprint density at radius 3 is 2.81 bits per heavy atom. The molecule has 2 aliphatic heterocycles. The van der Waals surface area contributed by atoms with Crippen molar-refractivity contribution in [3.8, 4) is 0 Å². The van der Waals surface area contributed by atoms with Gasteiger partial charge in [-0.15, -0.1) is 0 Å². The van der Waals surface area contributed by atoms with E-state index in [-0.39, 0.29) is 11.7 Å². The summed E-state index contributed by atoms with van der Waals surface area (Å²) in [4.78, 5) is 2.51. The molecule has 0 bridgehead atoms. The van der Waals surface area contributed by atoms with E-state index < -0.39 is 0 Å². The number of hydrogen-bond acceptors (Lipinski definition) is 4. The normalized spacial score (nSPS) is 26.3. The molecule has 0 saturated carbocycles.